The molecule has 0 spiro atoms. The van der Waals surface area contributed by atoms with Crippen molar-refractivity contribution in [1.82, 2.24) is 5.32 Å². The van der Waals surface area contributed by atoms with Crippen molar-refractivity contribution in [3.8, 4) is 5.75 Å². The Morgan fingerprint density at radius 2 is 2.00 bits per heavy atom. The number of carbonyl (C=O) groups excluding carboxylic acids is 1. The predicted octanol–water partition coefficient (Wildman–Crippen LogP) is 4.02. The number of methoxy groups -OCH3 is 1. The first-order valence-electron chi connectivity index (χ1n) is 7.03. The molecule has 0 saturated carbocycles. The van der Waals surface area contributed by atoms with Gasteiger partial charge in [-0.05, 0) is 42.7 Å². The van der Waals surface area contributed by atoms with Crippen molar-refractivity contribution in [3.63, 3.8) is 0 Å². The van der Waals surface area contributed by atoms with Gasteiger partial charge in [0.25, 0.3) is 0 Å². The highest BCUT2D eigenvalue weighted by Crippen LogP contribution is 2.24. The van der Waals surface area contributed by atoms with Crippen LogP contribution in [0.15, 0.2) is 42.5 Å². The molecule has 2 amide bonds. The van der Waals surface area contributed by atoms with Crippen LogP contribution in [0.1, 0.15) is 11.1 Å². The molecule has 0 atom stereocenters. The molecule has 0 bridgehead atoms. The number of hydrogen-bond acceptors (Lipinski definition) is 2. The van der Waals surface area contributed by atoms with Crippen LogP contribution in [0.2, 0.25) is 5.02 Å². The van der Waals surface area contributed by atoms with Crippen LogP contribution in [0, 0.1) is 6.92 Å². The molecule has 0 aromatic heterocycles. The summed E-state index contributed by atoms with van der Waals surface area (Å²) in [6, 6.07) is 13.0. The van der Waals surface area contributed by atoms with Gasteiger partial charge in [-0.25, -0.2) is 4.79 Å². The Morgan fingerprint density at radius 1 is 1.23 bits per heavy atom. The van der Waals surface area contributed by atoms with Gasteiger partial charge >= 0.3 is 6.03 Å². The van der Waals surface area contributed by atoms with Crippen LogP contribution in [-0.4, -0.2) is 19.7 Å². The van der Waals surface area contributed by atoms with E-state index in [1.165, 1.54) is 0 Å². The van der Waals surface area contributed by atoms with Gasteiger partial charge in [-0.15, -0.1) is 0 Å². The van der Waals surface area contributed by atoms with Crippen molar-refractivity contribution in [1.29, 1.82) is 0 Å². The van der Waals surface area contributed by atoms with Gasteiger partial charge < -0.3 is 15.4 Å². The minimum Gasteiger partial charge on any atom is -0.495 e. The number of ether oxygens (including phenoxy) is 1. The van der Waals surface area contributed by atoms with E-state index in [0.717, 1.165) is 11.1 Å². The Labute approximate surface area is 135 Å². The summed E-state index contributed by atoms with van der Waals surface area (Å²) in [6.45, 7) is 2.46. The van der Waals surface area contributed by atoms with Crippen molar-refractivity contribution < 1.29 is 9.53 Å². The maximum absolute atomic E-state index is 12.0. The lowest BCUT2D eigenvalue weighted by Gasteiger charge is -2.12. The molecule has 0 saturated heterocycles. The molecule has 0 aliphatic rings. The molecule has 0 radical (unpaired) electrons. The molecule has 0 fully saturated rings. The van der Waals surface area contributed by atoms with Crippen LogP contribution in [0.5, 0.6) is 5.75 Å². The average Bonchev–Trinajstić information content (AvgIpc) is 2.49. The molecule has 0 aliphatic carbocycles. The van der Waals surface area contributed by atoms with Crippen LogP contribution in [0.3, 0.4) is 0 Å². The second kappa shape index (κ2) is 7.71. The lowest BCUT2D eigenvalue weighted by Crippen LogP contribution is -2.30. The van der Waals surface area contributed by atoms with Crippen LogP contribution in [-0.2, 0) is 6.42 Å². The summed E-state index contributed by atoms with van der Waals surface area (Å²) in [6.07, 6.45) is 0.679. The zero-order valence-electron chi connectivity index (χ0n) is 12.7. The van der Waals surface area contributed by atoms with Gasteiger partial charge in [-0.1, -0.05) is 35.9 Å². The fourth-order valence-corrected chi connectivity index (χ4v) is 2.33. The van der Waals surface area contributed by atoms with E-state index >= 15 is 0 Å². The molecule has 2 rings (SSSR count). The molecule has 2 aromatic rings. The second-order valence-electron chi connectivity index (χ2n) is 4.93. The van der Waals surface area contributed by atoms with Gasteiger partial charge in [0.15, 0.2) is 0 Å². The number of hydrogen-bond donors (Lipinski definition) is 2. The van der Waals surface area contributed by atoms with E-state index in [9.17, 15) is 4.79 Å². The molecular weight excluding hydrogens is 300 g/mol. The number of nitrogens with one attached hydrogen (secondary N) is 2. The Balaban J connectivity index is 1.88. The van der Waals surface area contributed by atoms with Crippen LogP contribution in [0.25, 0.3) is 0 Å². The van der Waals surface area contributed by atoms with Gasteiger partial charge in [0.1, 0.15) is 5.75 Å². The zero-order valence-corrected chi connectivity index (χ0v) is 13.4. The third kappa shape index (κ3) is 4.40. The summed E-state index contributed by atoms with van der Waals surface area (Å²) in [4.78, 5) is 12.0. The summed E-state index contributed by atoms with van der Waals surface area (Å²) < 4.78 is 5.23. The van der Waals surface area contributed by atoms with E-state index in [1.807, 2.05) is 49.4 Å². The van der Waals surface area contributed by atoms with E-state index in [4.69, 9.17) is 16.3 Å². The van der Waals surface area contributed by atoms with Gasteiger partial charge in [-0.3, -0.25) is 0 Å². The smallest absolute Gasteiger partial charge is 0.319 e. The first-order valence-corrected chi connectivity index (χ1v) is 7.41. The van der Waals surface area contributed by atoms with Crippen molar-refractivity contribution in [2.24, 2.45) is 0 Å². The zero-order chi connectivity index (χ0) is 15.9. The quantitative estimate of drug-likeness (QED) is 0.874. The highest BCUT2D eigenvalue weighted by atomic mass is 35.5. The van der Waals surface area contributed by atoms with Crippen molar-refractivity contribution in [2.45, 2.75) is 13.3 Å². The first kappa shape index (κ1) is 16.2. The number of carbonyl (C=O) groups is 1. The molecule has 0 unspecified atom stereocenters. The Morgan fingerprint density at radius 3 is 2.73 bits per heavy atom. The molecule has 4 nitrogen and oxygen atoms in total. The standard InChI is InChI=1S/C17H19ClN2O2/c1-12-7-8-16(22-2)15(11-12)20-17(21)19-10-9-13-5-3-4-6-14(13)18/h3-8,11H,9-10H2,1-2H3,(H2,19,20,21). The minimum atomic E-state index is -0.268. The van der Waals surface area contributed by atoms with E-state index in [1.54, 1.807) is 7.11 Å². The molecule has 22 heavy (non-hydrogen) atoms. The van der Waals surface area contributed by atoms with E-state index in [-0.39, 0.29) is 6.03 Å². The Hall–Kier alpha value is -2.20. The van der Waals surface area contributed by atoms with Gasteiger partial charge in [0, 0.05) is 11.6 Å². The van der Waals surface area contributed by atoms with E-state index in [0.29, 0.717) is 29.4 Å². The second-order valence-corrected chi connectivity index (χ2v) is 5.33. The van der Waals surface area contributed by atoms with Crippen molar-refractivity contribution in [2.75, 3.05) is 19.0 Å². The summed E-state index contributed by atoms with van der Waals surface area (Å²) in [5.41, 5.74) is 2.71. The normalized spacial score (nSPS) is 10.1. The summed E-state index contributed by atoms with van der Waals surface area (Å²) >= 11 is 6.08. The largest absolute Gasteiger partial charge is 0.495 e. The van der Waals surface area contributed by atoms with Gasteiger partial charge in [-0.2, -0.15) is 0 Å². The molecule has 2 N–H and O–H groups in total. The number of halogens is 1. The lowest BCUT2D eigenvalue weighted by molar-refractivity contribution is 0.252. The van der Waals surface area contributed by atoms with Gasteiger partial charge in [0.05, 0.1) is 12.8 Å². The molecular formula is C17H19ClN2O2. The number of amides is 2. The molecule has 116 valence electrons. The molecule has 2 aromatic carbocycles. The number of aryl methyl sites for hydroxylation is 1. The van der Waals surface area contributed by atoms with Crippen LogP contribution < -0.4 is 15.4 Å². The highest BCUT2D eigenvalue weighted by molar-refractivity contribution is 6.31. The maximum Gasteiger partial charge on any atom is 0.319 e. The fraction of sp³-hybridized carbons (Fsp3) is 0.235. The van der Waals surface area contributed by atoms with E-state index in [2.05, 4.69) is 10.6 Å². The van der Waals surface area contributed by atoms with Crippen molar-refractivity contribution >= 4 is 23.3 Å². The third-order valence-corrected chi connectivity index (χ3v) is 3.61. The molecule has 0 heterocycles. The summed E-state index contributed by atoms with van der Waals surface area (Å²) in [5.74, 6) is 0.631. The monoisotopic (exact) mass is 318 g/mol. The predicted molar refractivity (Wildman–Crippen MR) is 89.9 cm³/mol. The Kier molecular flexibility index (Phi) is 5.67. The van der Waals surface area contributed by atoms with Crippen molar-refractivity contribution in [3.05, 3.63) is 58.6 Å². The maximum atomic E-state index is 12.0. The highest BCUT2D eigenvalue weighted by Gasteiger charge is 2.07. The average molecular weight is 319 g/mol. The minimum absolute atomic E-state index is 0.268. The number of rotatable bonds is 5. The number of urea groups is 1. The van der Waals surface area contributed by atoms with Crippen LogP contribution in [0.4, 0.5) is 10.5 Å². The van der Waals surface area contributed by atoms with Gasteiger partial charge in [0.2, 0.25) is 0 Å². The summed E-state index contributed by atoms with van der Waals surface area (Å²) in [5, 5.41) is 6.32. The topological polar surface area (TPSA) is 50.4 Å². The summed E-state index contributed by atoms with van der Waals surface area (Å²) in [7, 11) is 1.57. The fourth-order valence-electron chi connectivity index (χ4n) is 2.10. The number of benzene rings is 2. The van der Waals surface area contributed by atoms with Crippen LogP contribution >= 0.6 is 11.6 Å². The lowest BCUT2D eigenvalue weighted by atomic mass is 10.1. The molecule has 0 aliphatic heterocycles. The third-order valence-electron chi connectivity index (χ3n) is 3.24. The Bertz CT molecular complexity index is 659. The molecule has 5 heteroatoms. The first-order chi connectivity index (χ1) is 10.6. The number of anilines is 1. The van der Waals surface area contributed by atoms with E-state index < -0.39 is 0 Å². The SMILES string of the molecule is COc1ccc(C)cc1NC(=O)NCCc1ccccc1Cl.